The van der Waals surface area contributed by atoms with Crippen molar-refractivity contribution in [2.75, 3.05) is 26.2 Å². The minimum Gasteiger partial charge on any atom is -0.343 e. The molecule has 2 N–H and O–H groups in total. The van der Waals surface area contributed by atoms with E-state index in [0.29, 0.717) is 0 Å². The van der Waals surface area contributed by atoms with Crippen molar-refractivity contribution < 1.29 is 10.1 Å². The average Bonchev–Trinajstić information content (AvgIpc) is 2.30. The first-order valence-electron chi connectivity index (χ1n) is 5.04. The third-order valence-electron chi connectivity index (χ3n) is 2.51. The molecule has 14 heavy (non-hydrogen) atoms. The van der Waals surface area contributed by atoms with Crippen molar-refractivity contribution in [2.45, 2.75) is 0 Å². The second kappa shape index (κ2) is 4.24. The normalized spacial score (nSPS) is 16.7. The first-order chi connectivity index (χ1) is 6.88. The van der Waals surface area contributed by atoms with Gasteiger partial charge in [-0.15, -0.1) is 0 Å². The largest absolute Gasteiger partial charge is 0.343 e. The quantitative estimate of drug-likeness (QED) is 0.650. The van der Waals surface area contributed by atoms with Crippen LogP contribution < -0.4 is 5.32 Å². The number of quaternary nitrogens is 1. The monoisotopic (exact) mass is 191 g/mol. The summed E-state index contributed by atoms with van der Waals surface area (Å²) in [6.45, 7) is 3.79. The van der Waals surface area contributed by atoms with Gasteiger partial charge in [-0.1, -0.05) is 18.2 Å². The topological polar surface area (TPSA) is 36.9 Å². The maximum atomic E-state index is 11.9. The molecule has 2 rings (SSSR count). The van der Waals surface area contributed by atoms with E-state index >= 15 is 0 Å². The van der Waals surface area contributed by atoms with E-state index in [2.05, 4.69) is 5.32 Å². The summed E-state index contributed by atoms with van der Waals surface area (Å²) in [6, 6.07) is 9.49. The van der Waals surface area contributed by atoms with Crippen LogP contribution in [0.5, 0.6) is 0 Å². The molecule has 1 saturated heterocycles. The third-order valence-corrected chi connectivity index (χ3v) is 2.51. The van der Waals surface area contributed by atoms with Gasteiger partial charge in [-0.2, -0.15) is 0 Å². The zero-order valence-electron chi connectivity index (χ0n) is 8.15. The van der Waals surface area contributed by atoms with Gasteiger partial charge in [-0.25, -0.2) is 0 Å². The summed E-state index contributed by atoms with van der Waals surface area (Å²) < 4.78 is 0. The molecule has 1 aromatic carbocycles. The maximum absolute atomic E-state index is 11.9. The first-order valence-corrected chi connectivity index (χ1v) is 5.04. The Labute approximate surface area is 83.7 Å². The van der Waals surface area contributed by atoms with Crippen LogP contribution in [0.25, 0.3) is 0 Å². The predicted octanol–water partition coefficient (Wildman–Crippen LogP) is -0.294. The van der Waals surface area contributed by atoms with Gasteiger partial charge in [0.05, 0.1) is 26.2 Å². The van der Waals surface area contributed by atoms with E-state index in [9.17, 15) is 4.79 Å². The Morgan fingerprint density at radius 1 is 1.14 bits per heavy atom. The highest BCUT2D eigenvalue weighted by atomic mass is 16.2. The molecule has 0 bridgehead atoms. The van der Waals surface area contributed by atoms with Crippen molar-refractivity contribution in [3.63, 3.8) is 0 Å². The first kappa shape index (κ1) is 9.21. The van der Waals surface area contributed by atoms with Crippen LogP contribution in [0.2, 0.25) is 0 Å². The van der Waals surface area contributed by atoms with Crippen LogP contribution in [-0.4, -0.2) is 37.0 Å². The van der Waals surface area contributed by atoms with E-state index in [0.717, 1.165) is 31.7 Å². The van der Waals surface area contributed by atoms with Gasteiger partial charge in [0.2, 0.25) is 0 Å². The molecule has 1 heterocycles. The van der Waals surface area contributed by atoms with Crippen LogP contribution >= 0.6 is 0 Å². The Balaban J connectivity index is 2.07. The zero-order chi connectivity index (χ0) is 9.80. The standard InChI is InChI=1S/C11H14N2O/c14-11(10-4-2-1-3-5-10)13-8-6-12-7-9-13/h1-5,12H,6-9H2/p+1. The van der Waals surface area contributed by atoms with Gasteiger partial charge in [-0.3, -0.25) is 4.79 Å². The Kier molecular flexibility index (Phi) is 2.79. The summed E-state index contributed by atoms with van der Waals surface area (Å²) in [7, 11) is 0. The SMILES string of the molecule is O=C(c1ccccc1)N1CC[NH2+]CC1. The molecule has 3 nitrogen and oxygen atoms in total. The van der Waals surface area contributed by atoms with Crippen molar-refractivity contribution in [3.8, 4) is 0 Å². The van der Waals surface area contributed by atoms with Crippen LogP contribution in [0.3, 0.4) is 0 Å². The average molecular weight is 191 g/mol. The zero-order valence-corrected chi connectivity index (χ0v) is 8.15. The third kappa shape index (κ3) is 1.93. The van der Waals surface area contributed by atoms with Crippen molar-refractivity contribution in [1.29, 1.82) is 0 Å². The Hall–Kier alpha value is -1.35. The highest BCUT2D eigenvalue weighted by molar-refractivity contribution is 5.94. The van der Waals surface area contributed by atoms with Crippen molar-refractivity contribution in [3.05, 3.63) is 35.9 Å². The highest BCUT2D eigenvalue weighted by Gasteiger charge is 2.18. The van der Waals surface area contributed by atoms with Crippen LogP contribution in [0.15, 0.2) is 30.3 Å². The summed E-state index contributed by atoms with van der Waals surface area (Å²) >= 11 is 0. The number of piperazine rings is 1. The second-order valence-corrected chi connectivity index (χ2v) is 3.52. The van der Waals surface area contributed by atoms with Gasteiger partial charge in [0.15, 0.2) is 0 Å². The van der Waals surface area contributed by atoms with Crippen LogP contribution in [0.1, 0.15) is 10.4 Å². The minimum absolute atomic E-state index is 0.165. The molecule has 0 spiro atoms. The van der Waals surface area contributed by atoms with E-state index in [1.54, 1.807) is 0 Å². The van der Waals surface area contributed by atoms with Gasteiger partial charge < -0.3 is 10.2 Å². The van der Waals surface area contributed by atoms with E-state index in [-0.39, 0.29) is 5.91 Å². The summed E-state index contributed by atoms with van der Waals surface area (Å²) in [4.78, 5) is 13.8. The van der Waals surface area contributed by atoms with E-state index in [4.69, 9.17) is 0 Å². The molecule has 0 aliphatic carbocycles. The van der Waals surface area contributed by atoms with E-state index in [1.807, 2.05) is 35.2 Å². The minimum atomic E-state index is 0.165. The lowest BCUT2D eigenvalue weighted by Gasteiger charge is -2.25. The molecule has 74 valence electrons. The van der Waals surface area contributed by atoms with E-state index < -0.39 is 0 Å². The molecular weight excluding hydrogens is 176 g/mol. The molecule has 1 aliphatic rings. The lowest BCUT2D eigenvalue weighted by Crippen LogP contribution is -2.89. The summed E-state index contributed by atoms with van der Waals surface area (Å²) in [5.74, 6) is 0.165. The fourth-order valence-electron chi connectivity index (χ4n) is 1.72. The van der Waals surface area contributed by atoms with Crippen molar-refractivity contribution >= 4 is 5.91 Å². The highest BCUT2D eigenvalue weighted by Crippen LogP contribution is 2.04. The Morgan fingerprint density at radius 2 is 1.79 bits per heavy atom. The Morgan fingerprint density at radius 3 is 2.43 bits per heavy atom. The molecular formula is C11H15N2O+. The number of rotatable bonds is 1. The molecule has 0 atom stereocenters. The molecule has 0 unspecified atom stereocenters. The molecule has 3 heteroatoms. The van der Waals surface area contributed by atoms with Gasteiger partial charge in [0.1, 0.15) is 0 Å². The number of benzene rings is 1. The smallest absolute Gasteiger partial charge is 0.254 e. The molecule has 1 aromatic rings. The molecule has 0 saturated carbocycles. The maximum Gasteiger partial charge on any atom is 0.254 e. The molecule has 1 aliphatic heterocycles. The number of amides is 1. The van der Waals surface area contributed by atoms with Gasteiger partial charge >= 0.3 is 0 Å². The van der Waals surface area contributed by atoms with Gasteiger partial charge in [-0.05, 0) is 12.1 Å². The Bertz CT molecular complexity index is 304. The molecule has 0 aromatic heterocycles. The van der Waals surface area contributed by atoms with E-state index in [1.165, 1.54) is 0 Å². The van der Waals surface area contributed by atoms with Gasteiger partial charge in [0.25, 0.3) is 5.91 Å². The predicted molar refractivity (Wildman–Crippen MR) is 54.0 cm³/mol. The fourth-order valence-corrected chi connectivity index (χ4v) is 1.72. The number of carbonyl (C=O) groups is 1. The number of nitrogens with zero attached hydrogens (tertiary/aromatic N) is 1. The fraction of sp³-hybridized carbons (Fsp3) is 0.364. The molecule has 0 radical (unpaired) electrons. The lowest BCUT2D eigenvalue weighted by atomic mass is 10.2. The second-order valence-electron chi connectivity index (χ2n) is 3.52. The molecule has 1 amide bonds. The number of carbonyl (C=O) groups excluding carboxylic acids is 1. The van der Waals surface area contributed by atoms with Crippen molar-refractivity contribution in [1.82, 2.24) is 4.90 Å². The number of hydrogen-bond acceptors (Lipinski definition) is 1. The summed E-state index contributed by atoms with van der Waals surface area (Å²) in [5.41, 5.74) is 0.800. The lowest BCUT2D eigenvalue weighted by molar-refractivity contribution is -0.661. The summed E-state index contributed by atoms with van der Waals surface area (Å²) in [5, 5.41) is 2.24. The van der Waals surface area contributed by atoms with Crippen molar-refractivity contribution in [2.24, 2.45) is 0 Å². The molecule has 1 fully saturated rings. The van der Waals surface area contributed by atoms with Crippen LogP contribution in [0.4, 0.5) is 0 Å². The van der Waals surface area contributed by atoms with Crippen LogP contribution in [0, 0.1) is 0 Å². The summed E-state index contributed by atoms with van der Waals surface area (Å²) in [6.07, 6.45) is 0. The van der Waals surface area contributed by atoms with Gasteiger partial charge in [0, 0.05) is 5.56 Å². The number of nitrogens with two attached hydrogens (primary N) is 1. The van der Waals surface area contributed by atoms with Crippen LogP contribution in [-0.2, 0) is 0 Å². The number of hydrogen-bond donors (Lipinski definition) is 1.